The number of rotatable bonds is 2. The molecular weight excluding hydrogens is 276 g/mol. The molecule has 1 aliphatic rings. The lowest BCUT2D eigenvalue weighted by Gasteiger charge is -2.05. The van der Waals surface area contributed by atoms with Crippen LogP contribution in [0, 0.1) is 6.92 Å². The van der Waals surface area contributed by atoms with Crippen molar-refractivity contribution in [2.75, 3.05) is 0 Å². The minimum atomic E-state index is 0.601. The van der Waals surface area contributed by atoms with Crippen molar-refractivity contribution >= 4 is 15.9 Å². The van der Waals surface area contributed by atoms with Crippen LogP contribution >= 0.6 is 15.9 Å². The summed E-state index contributed by atoms with van der Waals surface area (Å²) in [6.45, 7) is 2.04. The average Bonchev–Trinajstić information content (AvgIpc) is 3.13. The lowest BCUT2D eigenvalue weighted by molar-refractivity contribution is 0.910. The van der Waals surface area contributed by atoms with Gasteiger partial charge in [-0.25, -0.2) is 9.97 Å². The normalized spacial score (nSPS) is 14.9. The van der Waals surface area contributed by atoms with Gasteiger partial charge in [0.15, 0.2) is 0 Å². The van der Waals surface area contributed by atoms with E-state index in [0.717, 1.165) is 27.2 Å². The van der Waals surface area contributed by atoms with Gasteiger partial charge in [-0.1, -0.05) is 28.1 Å². The fraction of sp³-hybridized carbons (Fsp3) is 0.286. The Morgan fingerprint density at radius 1 is 1.12 bits per heavy atom. The first-order valence-electron chi connectivity index (χ1n) is 5.84. The van der Waals surface area contributed by atoms with E-state index in [0.29, 0.717) is 5.92 Å². The van der Waals surface area contributed by atoms with E-state index in [-0.39, 0.29) is 0 Å². The second-order valence-electron chi connectivity index (χ2n) is 4.53. The molecule has 0 bridgehead atoms. The molecule has 17 heavy (non-hydrogen) atoms. The smallest absolute Gasteiger partial charge is 0.132 e. The summed E-state index contributed by atoms with van der Waals surface area (Å²) in [5.74, 6) is 1.62. The average molecular weight is 289 g/mol. The molecule has 1 aromatic carbocycles. The number of aromatic nitrogens is 2. The van der Waals surface area contributed by atoms with Gasteiger partial charge in [-0.15, -0.1) is 0 Å². The maximum Gasteiger partial charge on any atom is 0.132 e. The first-order chi connectivity index (χ1) is 8.22. The Morgan fingerprint density at radius 2 is 1.82 bits per heavy atom. The largest absolute Gasteiger partial charge is 0.238 e. The van der Waals surface area contributed by atoms with Crippen LogP contribution in [0.3, 0.4) is 0 Å². The van der Waals surface area contributed by atoms with E-state index < -0.39 is 0 Å². The molecule has 0 saturated heterocycles. The van der Waals surface area contributed by atoms with Crippen molar-refractivity contribution in [2.24, 2.45) is 0 Å². The molecule has 0 aliphatic heterocycles. The molecule has 1 saturated carbocycles. The van der Waals surface area contributed by atoms with Gasteiger partial charge in [-0.2, -0.15) is 0 Å². The molecular formula is C14H13BrN2. The third-order valence-electron chi connectivity index (χ3n) is 2.95. The quantitative estimate of drug-likeness (QED) is 0.832. The molecule has 0 radical (unpaired) electrons. The topological polar surface area (TPSA) is 25.8 Å². The second-order valence-corrected chi connectivity index (χ2v) is 5.45. The van der Waals surface area contributed by atoms with E-state index >= 15 is 0 Å². The first-order valence-corrected chi connectivity index (χ1v) is 6.63. The molecule has 0 unspecified atom stereocenters. The van der Waals surface area contributed by atoms with Crippen molar-refractivity contribution in [3.05, 3.63) is 46.3 Å². The molecule has 1 heterocycles. The van der Waals surface area contributed by atoms with Gasteiger partial charge >= 0.3 is 0 Å². The Hall–Kier alpha value is -1.22. The Kier molecular flexibility index (Phi) is 2.71. The van der Waals surface area contributed by atoms with Gasteiger partial charge in [-0.3, -0.25) is 0 Å². The molecule has 1 fully saturated rings. The molecule has 3 heteroatoms. The zero-order chi connectivity index (χ0) is 11.8. The molecule has 1 aliphatic carbocycles. The van der Waals surface area contributed by atoms with E-state index in [1.807, 2.05) is 19.1 Å². The van der Waals surface area contributed by atoms with E-state index in [1.165, 1.54) is 12.8 Å². The highest BCUT2D eigenvalue weighted by Gasteiger charge is 2.27. The highest BCUT2D eigenvalue weighted by Crippen LogP contribution is 2.38. The van der Waals surface area contributed by atoms with Gasteiger partial charge < -0.3 is 0 Å². The standard InChI is InChI=1S/C14H13BrN2/c1-9-8-13(10-4-6-12(15)7-5-10)17-14(16-9)11-2-3-11/h4-8,11H,2-3H2,1H3. The first kappa shape index (κ1) is 10.9. The number of nitrogens with zero attached hydrogens (tertiary/aromatic N) is 2. The summed E-state index contributed by atoms with van der Waals surface area (Å²) in [7, 11) is 0. The molecule has 1 aromatic heterocycles. The van der Waals surface area contributed by atoms with Gasteiger partial charge in [0.1, 0.15) is 5.82 Å². The summed E-state index contributed by atoms with van der Waals surface area (Å²) < 4.78 is 1.09. The summed E-state index contributed by atoms with van der Waals surface area (Å²) in [6, 6.07) is 10.3. The van der Waals surface area contributed by atoms with Crippen LogP contribution in [-0.2, 0) is 0 Å². The summed E-state index contributed by atoms with van der Waals surface area (Å²) in [6.07, 6.45) is 2.48. The van der Waals surface area contributed by atoms with Crippen molar-refractivity contribution in [3.8, 4) is 11.3 Å². The fourth-order valence-electron chi connectivity index (χ4n) is 1.88. The van der Waals surface area contributed by atoms with Crippen LogP contribution in [0.5, 0.6) is 0 Å². The summed E-state index contributed by atoms with van der Waals surface area (Å²) in [5.41, 5.74) is 3.24. The Bertz CT molecular complexity index is 545. The maximum absolute atomic E-state index is 4.67. The van der Waals surface area contributed by atoms with Gasteiger partial charge in [0.05, 0.1) is 5.69 Å². The molecule has 3 rings (SSSR count). The number of halogens is 1. The minimum absolute atomic E-state index is 0.601. The molecule has 2 aromatic rings. The van der Waals surface area contributed by atoms with Crippen LogP contribution in [0.1, 0.15) is 30.3 Å². The van der Waals surface area contributed by atoms with E-state index in [2.05, 4.69) is 44.1 Å². The van der Waals surface area contributed by atoms with Crippen LogP contribution in [-0.4, -0.2) is 9.97 Å². The highest BCUT2D eigenvalue weighted by atomic mass is 79.9. The summed E-state index contributed by atoms with van der Waals surface area (Å²) in [4.78, 5) is 9.19. The van der Waals surface area contributed by atoms with Crippen molar-refractivity contribution in [2.45, 2.75) is 25.7 Å². The van der Waals surface area contributed by atoms with Crippen molar-refractivity contribution < 1.29 is 0 Å². The number of aryl methyl sites for hydroxylation is 1. The van der Waals surface area contributed by atoms with E-state index in [4.69, 9.17) is 0 Å². The summed E-state index contributed by atoms with van der Waals surface area (Å²) in [5, 5.41) is 0. The monoisotopic (exact) mass is 288 g/mol. The van der Waals surface area contributed by atoms with Crippen LogP contribution in [0.2, 0.25) is 0 Å². The molecule has 0 amide bonds. The second kappa shape index (κ2) is 4.22. The highest BCUT2D eigenvalue weighted by molar-refractivity contribution is 9.10. The van der Waals surface area contributed by atoms with E-state index in [1.54, 1.807) is 0 Å². The number of benzene rings is 1. The number of hydrogen-bond acceptors (Lipinski definition) is 2. The van der Waals surface area contributed by atoms with Crippen LogP contribution in [0.4, 0.5) is 0 Å². The zero-order valence-corrected chi connectivity index (χ0v) is 11.2. The lowest BCUT2D eigenvalue weighted by atomic mass is 10.1. The van der Waals surface area contributed by atoms with Crippen LogP contribution in [0.15, 0.2) is 34.8 Å². The van der Waals surface area contributed by atoms with Crippen molar-refractivity contribution in [3.63, 3.8) is 0 Å². The van der Waals surface area contributed by atoms with Crippen LogP contribution < -0.4 is 0 Å². The predicted molar refractivity (Wildman–Crippen MR) is 71.9 cm³/mol. The van der Waals surface area contributed by atoms with Crippen molar-refractivity contribution in [1.29, 1.82) is 0 Å². The molecule has 0 N–H and O–H groups in total. The lowest BCUT2D eigenvalue weighted by Crippen LogP contribution is -1.97. The van der Waals surface area contributed by atoms with Gasteiger partial charge in [0, 0.05) is 21.6 Å². The van der Waals surface area contributed by atoms with Gasteiger partial charge in [0.2, 0.25) is 0 Å². The van der Waals surface area contributed by atoms with Crippen LogP contribution in [0.25, 0.3) is 11.3 Å². The molecule has 86 valence electrons. The predicted octanol–water partition coefficient (Wildman–Crippen LogP) is 4.09. The third kappa shape index (κ3) is 2.39. The Balaban J connectivity index is 2.04. The Morgan fingerprint density at radius 3 is 2.47 bits per heavy atom. The summed E-state index contributed by atoms with van der Waals surface area (Å²) >= 11 is 3.45. The molecule has 2 nitrogen and oxygen atoms in total. The minimum Gasteiger partial charge on any atom is -0.238 e. The van der Waals surface area contributed by atoms with Crippen molar-refractivity contribution in [1.82, 2.24) is 9.97 Å². The van der Waals surface area contributed by atoms with E-state index in [9.17, 15) is 0 Å². The van der Waals surface area contributed by atoms with Gasteiger partial charge in [-0.05, 0) is 38.0 Å². The number of hydrogen-bond donors (Lipinski definition) is 0. The Labute approximate surface area is 109 Å². The third-order valence-corrected chi connectivity index (χ3v) is 3.48. The SMILES string of the molecule is Cc1cc(-c2ccc(Br)cc2)nc(C2CC2)n1. The molecule has 0 atom stereocenters. The molecule has 0 spiro atoms. The maximum atomic E-state index is 4.67. The zero-order valence-electron chi connectivity index (χ0n) is 9.65. The van der Waals surface area contributed by atoms with Gasteiger partial charge in [0.25, 0.3) is 0 Å². The fourth-order valence-corrected chi connectivity index (χ4v) is 2.15.